The summed E-state index contributed by atoms with van der Waals surface area (Å²) in [6.07, 6.45) is 0.394. The summed E-state index contributed by atoms with van der Waals surface area (Å²) in [5.41, 5.74) is 1.33. The van der Waals surface area contributed by atoms with E-state index in [2.05, 4.69) is 0 Å². The largest absolute Gasteiger partial charge is 0.497 e. The number of ether oxygens (including phenoxy) is 1. The molecular weight excluding hydrogens is 408 g/mol. The number of β-amino-alcohol motifs (C(OH)–C–C–N with tert-alkyl or cyclic N) is 1. The van der Waals surface area contributed by atoms with E-state index in [1.807, 2.05) is 73.0 Å². The Bertz CT molecular complexity index is 1140. The number of likely N-dealkylation sites (tertiary alicyclic amines) is 1. The molecule has 0 unspecified atom stereocenters. The molecule has 1 fully saturated rings. The Morgan fingerprint density at radius 2 is 1.87 bits per heavy atom. The zero-order valence-corrected chi connectivity index (χ0v) is 18.4. The van der Waals surface area contributed by atoms with Crippen molar-refractivity contribution in [2.45, 2.75) is 31.0 Å². The molecule has 3 aromatic rings. The van der Waals surface area contributed by atoms with Gasteiger partial charge in [-0.15, -0.1) is 11.3 Å². The van der Waals surface area contributed by atoms with E-state index in [0.717, 1.165) is 33.0 Å². The molecule has 3 heterocycles. The fourth-order valence-corrected chi connectivity index (χ4v) is 5.66. The first-order chi connectivity index (χ1) is 14.9. The van der Waals surface area contributed by atoms with Crippen LogP contribution in [0.4, 0.5) is 0 Å². The molecular formula is C25H24N2O3S. The summed E-state index contributed by atoms with van der Waals surface area (Å²) in [7, 11) is 1.63. The minimum Gasteiger partial charge on any atom is -0.497 e. The van der Waals surface area contributed by atoms with Crippen molar-refractivity contribution in [2.75, 3.05) is 13.7 Å². The van der Waals surface area contributed by atoms with Gasteiger partial charge in [-0.2, -0.15) is 0 Å². The molecule has 6 heteroatoms. The van der Waals surface area contributed by atoms with Crippen molar-refractivity contribution < 1.29 is 14.6 Å². The van der Waals surface area contributed by atoms with Crippen molar-refractivity contribution in [1.82, 2.24) is 4.90 Å². The molecule has 2 aromatic carbocycles. The first-order valence-corrected chi connectivity index (χ1v) is 11.2. The highest BCUT2D eigenvalue weighted by Crippen LogP contribution is 2.53. The Morgan fingerprint density at radius 3 is 2.52 bits per heavy atom. The molecule has 1 saturated heterocycles. The number of aliphatic hydroxyl groups is 1. The maximum absolute atomic E-state index is 13.8. The van der Waals surface area contributed by atoms with Crippen LogP contribution in [0.25, 0.3) is 0 Å². The first kappa shape index (κ1) is 20.0. The second-order valence-corrected chi connectivity index (χ2v) is 9.26. The molecule has 5 rings (SSSR count). The number of aliphatic imine (C=N–C) groups is 1. The van der Waals surface area contributed by atoms with Gasteiger partial charge in [0.2, 0.25) is 5.91 Å². The molecule has 2 atom stereocenters. The van der Waals surface area contributed by atoms with Crippen LogP contribution < -0.4 is 4.74 Å². The van der Waals surface area contributed by atoms with E-state index in [1.165, 1.54) is 11.3 Å². The van der Waals surface area contributed by atoms with Gasteiger partial charge in [-0.05, 0) is 41.6 Å². The Kier molecular flexibility index (Phi) is 4.72. The fourth-order valence-electron chi connectivity index (χ4n) is 4.68. The van der Waals surface area contributed by atoms with Gasteiger partial charge in [0.25, 0.3) is 0 Å². The molecule has 0 bridgehead atoms. The van der Waals surface area contributed by atoms with Crippen molar-refractivity contribution in [3.05, 3.63) is 87.6 Å². The number of carbonyl (C=O) groups excluding carboxylic acids is 1. The normalized spacial score (nSPS) is 24.9. The number of hydrogen-bond acceptors (Lipinski definition) is 5. The van der Waals surface area contributed by atoms with Crippen molar-refractivity contribution in [3.8, 4) is 5.75 Å². The third-order valence-electron chi connectivity index (χ3n) is 6.36. The second kappa shape index (κ2) is 7.32. The number of fused-ring (bicyclic) bond motifs is 1. The molecule has 1 aromatic heterocycles. The summed E-state index contributed by atoms with van der Waals surface area (Å²) in [6.45, 7) is 2.63. The average molecular weight is 433 g/mol. The van der Waals surface area contributed by atoms with E-state index in [0.29, 0.717) is 13.0 Å². The lowest BCUT2D eigenvalue weighted by Gasteiger charge is -2.30. The summed E-state index contributed by atoms with van der Waals surface area (Å²) in [5.74, 6) is 0.702. The molecule has 2 aliphatic rings. The summed E-state index contributed by atoms with van der Waals surface area (Å²) in [6, 6.07) is 19.6. The predicted octanol–water partition coefficient (Wildman–Crippen LogP) is 3.93. The van der Waals surface area contributed by atoms with Crippen LogP contribution in [-0.2, 0) is 16.8 Å². The number of amides is 1. The van der Waals surface area contributed by atoms with Crippen molar-refractivity contribution >= 4 is 23.0 Å². The topological polar surface area (TPSA) is 62.1 Å². The quantitative estimate of drug-likeness (QED) is 0.665. The highest BCUT2D eigenvalue weighted by atomic mass is 32.1. The van der Waals surface area contributed by atoms with Crippen molar-refractivity contribution in [3.63, 3.8) is 0 Å². The highest BCUT2D eigenvalue weighted by molar-refractivity contribution is 7.10. The number of carbonyl (C=O) groups is 1. The van der Waals surface area contributed by atoms with Gasteiger partial charge in [-0.1, -0.05) is 48.0 Å². The summed E-state index contributed by atoms with van der Waals surface area (Å²) in [5, 5.41) is 13.7. The van der Waals surface area contributed by atoms with Gasteiger partial charge >= 0.3 is 0 Å². The first-order valence-electron chi connectivity index (χ1n) is 10.3. The van der Waals surface area contributed by atoms with Crippen LogP contribution in [0, 0.1) is 6.92 Å². The monoisotopic (exact) mass is 432 g/mol. The van der Waals surface area contributed by atoms with Crippen LogP contribution in [0.3, 0.4) is 0 Å². The van der Waals surface area contributed by atoms with Gasteiger partial charge in [0.1, 0.15) is 11.2 Å². The molecule has 0 saturated carbocycles. The Labute approximate surface area is 185 Å². The molecule has 2 aliphatic heterocycles. The molecule has 0 aliphatic carbocycles. The molecule has 1 amide bonds. The number of nitrogens with zero attached hydrogens (tertiary/aromatic N) is 2. The molecule has 5 nitrogen and oxygen atoms in total. The number of benzene rings is 2. The molecule has 31 heavy (non-hydrogen) atoms. The van der Waals surface area contributed by atoms with Crippen molar-refractivity contribution in [2.24, 2.45) is 4.99 Å². The minimum atomic E-state index is -1.48. The van der Waals surface area contributed by atoms with Crippen LogP contribution in [0.2, 0.25) is 0 Å². The van der Waals surface area contributed by atoms with Gasteiger partial charge in [-0.3, -0.25) is 9.79 Å². The van der Waals surface area contributed by atoms with Crippen LogP contribution in [0.1, 0.15) is 28.0 Å². The summed E-state index contributed by atoms with van der Waals surface area (Å²) < 4.78 is 5.23. The van der Waals surface area contributed by atoms with E-state index in [-0.39, 0.29) is 12.5 Å². The summed E-state index contributed by atoms with van der Waals surface area (Å²) >= 11 is 1.51. The zero-order chi connectivity index (χ0) is 21.6. The Hall–Kier alpha value is -2.96. The minimum absolute atomic E-state index is 0.0703. The standard InChI is InChI=1S/C25H24N2O3S/c1-17-5-9-19(10-6-17)21-14-24(22-4-3-13-31-22)23(28)27(16-25(24,29)26-21)15-18-7-11-20(30-2)12-8-18/h3-13,29H,14-16H2,1-2H3/t24-,25+/m1/s1. The third kappa shape index (κ3) is 3.09. The Morgan fingerprint density at radius 1 is 1.13 bits per heavy atom. The lowest BCUT2D eigenvalue weighted by atomic mass is 9.76. The fraction of sp³-hybridized carbons (Fsp3) is 0.280. The SMILES string of the molecule is COc1ccc(CN2C[C@@]3(O)N=C(c4ccc(C)cc4)C[C@@]3(c3cccs3)C2=O)cc1. The van der Waals surface area contributed by atoms with Gasteiger partial charge in [-0.25, -0.2) is 0 Å². The number of methoxy groups -OCH3 is 1. The van der Waals surface area contributed by atoms with Crippen LogP contribution >= 0.6 is 11.3 Å². The lowest BCUT2D eigenvalue weighted by Crippen LogP contribution is -2.48. The second-order valence-electron chi connectivity index (χ2n) is 8.31. The molecule has 0 spiro atoms. The number of hydrogen-bond donors (Lipinski definition) is 1. The number of rotatable bonds is 5. The van der Waals surface area contributed by atoms with Crippen LogP contribution in [0.15, 0.2) is 71.0 Å². The lowest BCUT2D eigenvalue weighted by molar-refractivity contribution is -0.134. The van der Waals surface area contributed by atoms with E-state index < -0.39 is 11.1 Å². The zero-order valence-electron chi connectivity index (χ0n) is 17.5. The van der Waals surface area contributed by atoms with E-state index >= 15 is 0 Å². The van der Waals surface area contributed by atoms with Crippen LogP contribution in [-0.4, -0.2) is 41.0 Å². The predicted molar refractivity (Wildman–Crippen MR) is 122 cm³/mol. The van der Waals surface area contributed by atoms with E-state index in [9.17, 15) is 9.90 Å². The van der Waals surface area contributed by atoms with Gasteiger partial charge in [0.15, 0.2) is 5.72 Å². The average Bonchev–Trinajstić information content (AvgIpc) is 3.45. The smallest absolute Gasteiger partial charge is 0.240 e. The molecule has 1 N–H and O–H groups in total. The van der Waals surface area contributed by atoms with E-state index in [1.54, 1.807) is 12.0 Å². The number of aryl methyl sites for hydroxylation is 1. The molecule has 0 radical (unpaired) electrons. The third-order valence-corrected chi connectivity index (χ3v) is 7.39. The maximum atomic E-state index is 13.8. The van der Waals surface area contributed by atoms with Crippen LogP contribution in [0.5, 0.6) is 5.75 Å². The number of thiophene rings is 1. The van der Waals surface area contributed by atoms with Gasteiger partial charge in [0, 0.05) is 23.6 Å². The van der Waals surface area contributed by atoms with Crippen molar-refractivity contribution in [1.29, 1.82) is 0 Å². The van der Waals surface area contributed by atoms with E-state index in [4.69, 9.17) is 9.73 Å². The van der Waals surface area contributed by atoms with Gasteiger partial charge in [0.05, 0.1) is 13.7 Å². The Balaban J connectivity index is 1.52. The van der Waals surface area contributed by atoms with Gasteiger partial charge < -0.3 is 14.7 Å². The maximum Gasteiger partial charge on any atom is 0.240 e. The summed E-state index contributed by atoms with van der Waals surface area (Å²) in [4.78, 5) is 21.2. The highest BCUT2D eigenvalue weighted by Gasteiger charge is 2.68. The molecule has 158 valence electrons.